The summed E-state index contributed by atoms with van der Waals surface area (Å²) >= 11 is 0. The minimum Gasteiger partial charge on any atom is -0.389 e. The average Bonchev–Trinajstić information content (AvgIpc) is 2.33. The first-order valence-electron chi connectivity index (χ1n) is 7.15. The predicted molar refractivity (Wildman–Crippen MR) is 73.5 cm³/mol. The topological polar surface area (TPSA) is 43.8 Å². The van der Waals surface area contributed by atoms with Crippen LogP contribution in [-0.4, -0.2) is 59.1 Å². The average molecular weight is 256 g/mol. The summed E-state index contributed by atoms with van der Waals surface area (Å²) in [6.07, 6.45) is 4.12. The van der Waals surface area contributed by atoms with Crippen LogP contribution in [0, 0.1) is 0 Å². The van der Waals surface area contributed by atoms with Gasteiger partial charge >= 0.3 is 0 Å². The number of hydrogen-bond donors (Lipinski definition) is 1. The number of carbonyl (C=O) groups excluding carboxylic acids is 1. The normalized spacial score (nSPS) is 17.3. The van der Waals surface area contributed by atoms with E-state index in [9.17, 15) is 9.90 Å². The van der Waals surface area contributed by atoms with Gasteiger partial charge in [-0.15, -0.1) is 0 Å². The van der Waals surface area contributed by atoms with Crippen LogP contribution in [0.4, 0.5) is 0 Å². The number of nitrogens with zero attached hydrogens (tertiary/aromatic N) is 2. The first-order chi connectivity index (χ1) is 8.42. The van der Waals surface area contributed by atoms with Crippen molar-refractivity contribution in [3.63, 3.8) is 0 Å². The number of likely N-dealkylation sites (tertiary alicyclic amines) is 1. The van der Waals surface area contributed by atoms with Crippen molar-refractivity contribution in [1.82, 2.24) is 9.80 Å². The lowest BCUT2D eigenvalue weighted by atomic mass is 10.1. The van der Waals surface area contributed by atoms with Gasteiger partial charge in [0.15, 0.2) is 0 Å². The molecule has 0 aromatic heterocycles. The molecule has 1 rings (SSSR count). The summed E-state index contributed by atoms with van der Waals surface area (Å²) in [6.45, 7) is 9.78. The van der Waals surface area contributed by atoms with E-state index in [-0.39, 0.29) is 5.91 Å². The second kappa shape index (κ2) is 7.10. The van der Waals surface area contributed by atoms with Crippen molar-refractivity contribution >= 4 is 5.91 Å². The molecule has 106 valence electrons. The molecule has 0 radical (unpaired) electrons. The lowest BCUT2D eigenvalue weighted by Crippen LogP contribution is -2.41. The highest BCUT2D eigenvalue weighted by atomic mass is 16.3. The van der Waals surface area contributed by atoms with Gasteiger partial charge in [-0.05, 0) is 39.7 Å². The maximum Gasteiger partial charge on any atom is 0.223 e. The van der Waals surface area contributed by atoms with Crippen molar-refractivity contribution in [2.24, 2.45) is 0 Å². The van der Waals surface area contributed by atoms with Crippen molar-refractivity contribution in [3.05, 3.63) is 0 Å². The molecule has 0 unspecified atom stereocenters. The summed E-state index contributed by atoms with van der Waals surface area (Å²) in [6, 6.07) is 0. The molecule has 18 heavy (non-hydrogen) atoms. The minimum atomic E-state index is -0.690. The Hall–Kier alpha value is -0.610. The summed E-state index contributed by atoms with van der Waals surface area (Å²) in [7, 11) is 0. The Bertz CT molecular complexity index is 255. The van der Waals surface area contributed by atoms with Gasteiger partial charge in [0.2, 0.25) is 5.91 Å². The second-order valence-electron chi connectivity index (χ2n) is 5.87. The molecule has 1 saturated heterocycles. The summed E-state index contributed by atoms with van der Waals surface area (Å²) in [5.41, 5.74) is -0.690. The SMILES string of the molecule is CCN(CCC(=O)N1CCCCC1)CC(C)(C)O. The number of aliphatic hydroxyl groups is 1. The molecule has 0 atom stereocenters. The van der Waals surface area contributed by atoms with E-state index in [1.807, 2.05) is 18.7 Å². The Morgan fingerprint density at radius 1 is 1.28 bits per heavy atom. The van der Waals surface area contributed by atoms with Gasteiger partial charge in [-0.1, -0.05) is 6.92 Å². The molecule has 1 N–H and O–H groups in total. The first-order valence-corrected chi connectivity index (χ1v) is 7.15. The van der Waals surface area contributed by atoms with Crippen molar-refractivity contribution in [2.45, 2.75) is 52.1 Å². The Balaban J connectivity index is 2.30. The number of rotatable bonds is 6. The molecule has 4 heteroatoms. The second-order valence-corrected chi connectivity index (χ2v) is 5.87. The van der Waals surface area contributed by atoms with Crippen molar-refractivity contribution in [3.8, 4) is 0 Å². The van der Waals surface area contributed by atoms with Crippen LogP contribution >= 0.6 is 0 Å². The van der Waals surface area contributed by atoms with Crippen LogP contribution in [0.2, 0.25) is 0 Å². The molecular weight excluding hydrogens is 228 g/mol. The summed E-state index contributed by atoms with van der Waals surface area (Å²) in [4.78, 5) is 16.1. The Morgan fingerprint density at radius 2 is 1.89 bits per heavy atom. The van der Waals surface area contributed by atoms with E-state index in [1.165, 1.54) is 6.42 Å². The van der Waals surface area contributed by atoms with E-state index in [0.717, 1.165) is 39.0 Å². The van der Waals surface area contributed by atoms with Crippen LogP contribution in [-0.2, 0) is 4.79 Å². The quantitative estimate of drug-likeness (QED) is 0.783. The van der Waals surface area contributed by atoms with Gasteiger partial charge < -0.3 is 14.9 Å². The third kappa shape index (κ3) is 5.83. The van der Waals surface area contributed by atoms with Gasteiger partial charge in [0.25, 0.3) is 0 Å². The van der Waals surface area contributed by atoms with Gasteiger partial charge in [0.05, 0.1) is 5.60 Å². The fourth-order valence-electron chi connectivity index (χ4n) is 2.45. The molecule has 0 spiro atoms. The van der Waals surface area contributed by atoms with Crippen LogP contribution < -0.4 is 0 Å². The third-order valence-electron chi connectivity index (χ3n) is 3.41. The lowest BCUT2D eigenvalue weighted by molar-refractivity contribution is -0.132. The standard InChI is InChI=1S/C14H28N2O2/c1-4-15(12-14(2,3)18)11-8-13(17)16-9-6-5-7-10-16/h18H,4-12H2,1-3H3. The van der Waals surface area contributed by atoms with E-state index in [2.05, 4.69) is 11.8 Å². The van der Waals surface area contributed by atoms with Gasteiger partial charge in [-0.3, -0.25) is 4.79 Å². The van der Waals surface area contributed by atoms with Crippen LogP contribution in [0.25, 0.3) is 0 Å². The Morgan fingerprint density at radius 3 is 2.39 bits per heavy atom. The highest BCUT2D eigenvalue weighted by Crippen LogP contribution is 2.11. The monoisotopic (exact) mass is 256 g/mol. The molecule has 1 amide bonds. The first kappa shape index (κ1) is 15.4. The van der Waals surface area contributed by atoms with Crippen LogP contribution in [0.15, 0.2) is 0 Å². The molecule has 4 nitrogen and oxygen atoms in total. The van der Waals surface area contributed by atoms with Crippen molar-refractivity contribution < 1.29 is 9.90 Å². The molecule has 1 aliphatic rings. The Kier molecular flexibility index (Phi) is 6.09. The number of hydrogen-bond acceptors (Lipinski definition) is 3. The zero-order valence-corrected chi connectivity index (χ0v) is 12.1. The van der Waals surface area contributed by atoms with Crippen LogP contribution in [0.5, 0.6) is 0 Å². The summed E-state index contributed by atoms with van der Waals surface area (Å²) in [5, 5.41) is 9.80. The molecule has 1 aliphatic heterocycles. The predicted octanol–water partition coefficient (Wildman–Crippen LogP) is 1.48. The summed E-state index contributed by atoms with van der Waals surface area (Å²) < 4.78 is 0. The largest absolute Gasteiger partial charge is 0.389 e. The smallest absolute Gasteiger partial charge is 0.223 e. The fraction of sp³-hybridized carbons (Fsp3) is 0.929. The zero-order valence-electron chi connectivity index (χ0n) is 12.1. The molecule has 0 aromatic carbocycles. The van der Waals surface area contributed by atoms with E-state index in [0.29, 0.717) is 13.0 Å². The van der Waals surface area contributed by atoms with Gasteiger partial charge in [0, 0.05) is 32.6 Å². The highest BCUT2D eigenvalue weighted by molar-refractivity contribution is 5.76. The molecule has 0 aromatic rings. The highest BCUT2D eigenvalue weighted by Gasteiger charge is 2.20. The number of amides is 1. The molecule has 1 heterocycles. The van der Waals surface area contributed by atoms with E-state index < -0.39 is 5.60 Å². The molecule has 0 saturated carbocycles. The molecule has 1 fully saturated rings. The fourth-order valence-corrected chi connectivity index (χ4v) is 2.45. The van der Waals surface area contributed by atoms with Crippen molar-refractivity contribution in [2.75, 3.05) is 32.7 Å². The molecule has 0 aliphatic carbocycles. The maximum atomic E-state index is 12.0. The third-order valence-corrected chi connectivity index (χ3v) is 3.41. The maximum absolute atomic E-state index is 12.0. The number of carbonyl (C=O) groups is 1. The van der Waals surface area contributed by atoms with Crippen LogP contribution in [0.3, 0.4) is 0 Å². The summed E-state index contributed by atoms with van der Waals surface area (Å²) in [5.74, 6) is 0.267. The van der Waals surface area contributed by atoms with Gasteiger partial charge in [-0.25, -0.2) is 0 Å². The number of piperidine rings is 1. The lowest BCUT2D eigenvalue weighted by Gasteiger charge is -2.30. The van der Waals surface area contributed by atoms with E-state index >= 15 is 0 Å². The minimum absolute atomic E-state index is 0.267. The zero-order chi connectivity index (χ0) is 13.6. The van der Waals surface area contributed by atoms with Crippen LogP contribution in [0.1, 0.15) is 46.5 Å². The van der Waals surface area contributed by atoms with Crippen molar-refractivity contribution in [1.29, 1.82) is 0 Å². The van der Waals surface area contributed by atoms with E-state index in [1.54, 1.807) is 0 Å². The van der Waals surface area contributed by atoms with Gasteiger partial charge in [-0.2, -0.15) is 0 Å². The molecular formula is C14H28N2O2. The number of likely N-dealkylation sites (N-methyl/N-ethyl adjacent to an activating group) is 1. The van der Waals surface area contributed by atoms with Gasteiger partial charge in [0.1, 0.15) is 0 Å². The van der Waals surface area contributed by atoms with E-state index in [4.69, 9.17) is 0 Å². The Labute approximate surface area is 111 Å². The molecule has 0 bridgehead atoms.